The van der Waals surface area contributed by atoms with Gasteiger partial charge in [0.1, 0.15) is 5.76 Å². The third kappa shape index (κ3) is 3.29. The zero-order valence-corrected chi connectivity index (χ0v) is 14.3. The SMILES string of the molecule is CCCNC(c1cc2c(Br)cc(F)c(F)c2o1)C(C)(C)C. The lowest BCUT2D eigenvalue weighted by atomic mass is 9.85. The molecule has 2 aromatic rings. The Morgan fingerprint density at radius 2 is 1.95 bits per heavy atom. The number of hydrogen-bond donors (Lipinski definition) is 1. The second kappa shape index (κ2) is 6.05. The fraction of sp³-hybridized carbons (Fsp3) is 0.500. The quantitative estimate of drug-likeness (QED) is 0.722. The van der Waals surface area contributed by atoms with Crippen molar-refractivity contribution < 1.29 is 13.2 Å². The molecule has 2 nitrogen and oxygen atoms in total. The van der Waals surface area contributed by atoms with Crippen LogP contribution < -0.4 is 5.32 Å². The molecule has 0 bridgehead atoms. The summed E-state index contributed by atoms with van der Waals surface area (Å²) in [5.74, 6) is -1.23. The van der Waals surface area contributed by atoms with Crippen molar-refractivity contribution in [1.82, 2.24) is 5.32 Å². The highest BCUT2D eigenvalue weighted by molar-refractivity contribution is 9.10. The molecule has 0 radical (unpaired) electrons. The van der Waals surface area contributed by atoms with Crippen LogP contribution in [0, 0.1) is 17.0 Å². The summed E-state index contributed by atoms with van der Waals surface area (Å²) in [7, 11) is 0. The monoisotopic (exact) mass is 359 g/mol. The Morgan fingerprint density at radius 3 is 2.52 bits per heavy atom. The Hall–Kier alpha value is -0.940. The van der Waals surface area contributed by atoms with Crippen LogP contribution in [0.25, 0.3) is 11.0 Å². The van der Waals surface area contributed by atoms with Crippen molar-refractivity contribution in [2.75, 3.05) is 6.54 Å². The lowest BCUT2D eigenvalue weighted by Crippen LogP contribution is -2.32. The molecule has 5 heteroatoms. The van der Waals surface area contributed by atoms with Gasteiger partial charge in [0.2, 0.25) is 5.82 Å². The van der Waals surface area contributed by atoms with Gasteiger partial charge < -0.3 is 9.73 Å². The summed E-state index contributed by atoms with van der Waals surface area (Å²) in [6.07, 6.45) is 0.986. The first-order chi connectivity index (χ1) is 9.75. The summed E-state index contributed by atoms with van der Waals surface area (Å²) < 4.78 is 33.5. The van der Waals surface area contributed by atoms with Crippen LogP contribution in [0.5, 0.6) is 0 Å². The minimum absolute atomic E-state index is 0.0376. The van der Waals surface area contributed by atoms with E-state index >= 15 is 0 Å². The Bertz CT molecular complexity index is 646. The second-order valence-electron chi connectivity index (χ2n) is 6.30. The first-order valence-electron chi connectivity index (χ1n) is 7.06. The largest absolute Gasteiger partial charge is 0.456 e. The van der Waals surface area contributed by atoms with Gasteiger partial charge in [0, 0.05) is 9.86 Å². The number of halogens is 3. The maximum atomic E-state index is 13.9. The van der Waals surface area contributed by atoms with Gasteiger partial charge in [-0.05, 0) is 46.4 Å². The molecule has 0 spiro atoms. The van der Waals surface area contributed by atoms with E-state index in [0.29, 0.717) is 15.6 Å². The number of benzene rings is 1. The van der Waals surface area contributed by atoms with Gasteiger partial charge in [0.05, 0.1) is 6.04 Å². The summed E-state index contributed by atoms with van der Waals surface area (Å²) in [6.45, 7) is 9.16. The van der Waals surface area contributed by atoms with Crippen LogP contribution in [0.1, 0.15) is 45.9 Å². The van der Waals surface area contributed by atoms with Gasteiger partial charge in [-0.2, -0.15) is 4.39 Å². The molecule has 1 N–H and O–H groups in total. The Labute approximate surface area is 132 Å². The summed E-state index contributed by atoms with van der Waals surface area (Å²) in [6, 6.07) is 2.84. The van der Waals surface area contributed by atoms with E-state index in [1.54, 1.807) is 6.07 Å². The zero-order valence-electron chi connectivity index (χ0n) is 12.7. The average Bonchev–Trinajstić information content (AvgIpc) is 2.80. The van der Waals surface area contributed by atoms with E-state index in [4.69, 9.17) is 4.42 Å². The molecule has 116 valence electrons. The van der Waals surface area contributed by atoms with Gasteiger partial charge in [-0.1, -0.05) is 27.7 Å². The van der Waals surface area contributed by atoms with E-state index in [9.17, 15) is 8.78 Å². The molecule has 0 saturated heterocycles. The Balaban J connectivity index is 2.54. The van der Waals surface area contributed by atoms with Crippen molar-refractivity contribution in [2.24, 2.45) is 5.41 Å². The van der Waals surface area contributed by atoms with Crippen molar-refractivity contribution in [1.29, 1.82) is 0 Å². The van der Waals surface area contributed by atoms with Crippen LogP contribution in [-0.2, 0) is 0 Å². The first kappa shape index (κ1) is 16.4. The normalized spacial score (nSPS) is 13.9. The third-order valence-electron chi connectivity index (χ3n) is 3.42. The average molecular weight is 360 g/mol. The molecule has 1 aromatic heterocycles. The fourth-order valence-corrected chi connectivity index (χ4v) is 2.87. The molecular formula is C16H20BrF2NO. The number of rotatable bonds is 4. The van der Waals surface area contributed by atoms with Crippen LogP contribution in [0.2, 0.25) is 0 Å². The third-order valence-corrected chi connectivity index (χ3v) is 4.08. The minimum atomic E-state index is -0.942. The van der Waals surface area contributed by atoms with E-state index < -0.39 is 11.6 Å². The predicted octanol–water partition coefficient (Wildman–Crippen LogP) is 5.56. The summed E-state index contributed by atoms with van der Waals surface area (Å²) >= 11 is 3.26. The van der Waals surface area contributed by atoms with Crippen molar-refractivity contribution >= 4 is 26.9 Å². The molecule has 1 heterocycles. The van der Waals surface area contributed by atoms with Gasteiger partial charge in [-0.3, -0.25) is 0 Å². The molecule has 0 aliphatic heterocycles. The highest BCUT2D eigenvalue weighted by atomic mass is 79.9. The van der Waals surface area contributed by atoms with E-state index in [0.717, 1.165) is 19.0 Å². The molecule has 2 rings (SSSR count). The number of fused-ring (bicyclic) bond motifs is 1. The van der Waals surface area contributed by atoms with E-state index in [1.807, 2.05) is 0 Å². The lowest BCUT2D eigenvalue weighted by Gasteiger charge is -2.29. The highest BCUT2D eigenvalue weighted by Gasteiger charge is 2.30. The Morgan fingerprint density at radius 1 is 1.29 bits per heavy atom. The first-order valence-corrected chi connectivity index (χ1v) is 7.85. The van der Waals surface area contributed by atoms with Gasteiger partial charge in [0.15, 0.2) is 11.4 Å². The maximum Gasteiger partial charge on any atom is 0.201 e. The van der Waals surface area contributed by atoms with Crippen LogP contribution >= 0.6 is 15.9 Å². The Kier molecular flexibility index (Phi) is 4.73. The van der Waals surface area contributed by atoms with E-state index in [-0.39, 0.29) is 17.0 Å². The number of nitrogens with one attached hydrogen (secondary N) is 1. The molecule has 0 amide bonds. The summed E-state index contributed by atoms with van der Waals surface area (Å²) in [4.78, 5) is 0. The summed E-state index contributed by atoms with van der Waals surface area (Å²) in [5.41, 5.74) is -0.144. The molecule has 1 atom stereocenters. The summed E-state index contributed by atoms with van der Waals surface area (Å²) in [5, 5.41) is 3.97. The predicted molar refractivity (Wildman–Crippen MR) is 84.3 cm³/mol. The maximum absolute atomic E-state index is 13.9. The van der Waals surface area contributed by atoms with Gasteiger partial charge in [0.25, 0.3) is 0 Å². The van der Waals surface area contributed by atoms with Crippen LogP contribution in [-0.4, -0.2) is 6.54 Å². The molecule has 0 aliphatic rings. The molecular weight excluding hydrogens is 340 g/mol. The standard InChI is InChI=1S/C16H20BrF2NO/c1-5-6-20-15(16(2,3)4)12-7-9-10(17)8-11(18)13(19)14(9)21-12/h7-8,15,20H,5-6H2,1-4H3. The van der Waals surface area contributed by atoms with Crippen LogP contribution in [0.4, 0.5) is 8.78 Å². The van der Waals surface area contributed by atoms with Crippen LogP contribution in [0.3, 0.4) is 0 Å². The van der Waals surface area contributed by atoms with E-state index in [1.165, 1.54) is 0 Å². The number of hydrogen-bond acceptors (Lipinski definition) is 2. The molecule has 1 unspecified atom stereocenters. The van der Waals surface area contributed by atoms with Crippen molar-refractivity contribution in [3.63, 3.8) is 0 Å². The molecule has 1 aromatic carbocycles. The van der Waals surface area contributed by atoms with Crippen molar-refractivity contribution in [2.45, 2.75) is 40.2 Å². The zero-order chi connectivity index (χ0) is 15.8. The fourth-order valence-electron chi connectivity index (χ4n) is 2.38. The molecule has 0 fully saturated rings. The molecule has 0 saturated carbocycles. The lowest BCUT2D eigenvalue weighted by molar-refractivity contribution is 0.241. The molecule has 21 heavy (non-hydrogen) atoms. The van der Waals surface area contributed by atoms with E-state index in [2.05, 4.69) is 48.9 Å². The van der Waals surface area contributed by atoms with Crippen LogP contribution in [0.15, 0.2) is 21.0 Å². The highest BCUT2D eigenvalue weighted by Crippen LogP contribution is 2.38. The van der Waals surface area contributed by atoms with Gasteiger partial charge in [-0.25, -0.2) is 4.39 Å². The van der Waals surface area contributed by atoms with Crippen molar-refractivity contribution in [3.05, 3.63) is 34.0 Å². The number of furan rings is 1. The smallest absolute Gasteiger partial charge is 0.201 e. The second-order valence-corrected chi connectivity index (χ2v) is 7.15. The van der Waals surface area contributed by atoms with Gasteiger partial charge in [-0.15, -0.1) is 0 Å². The van der Waals surface area contributed by atoms with Gasteiger partial charge >= 0.3 is 0 Å². The molecule has 0 aliphatic carbocycles. The van der Waals surface area contributed by atoms with Crippen molar-refractivity contribution in [3.8, 4) is 0 Å². The minimum Gasteiger partial charge on any atom is -0.456 e. The topological polar surface area (TPSA) is 25.2 Å².